The van der Waals surface area contributed by atoms with Crippen molar-refractivity contribution in [3.05, 3.63) is 70.9 Å². The van der Waals surface area contributed by atoms with Crippen LogP contribution in [0.5, 0.6) is 5.75 Å². The van der Waals surface area contributed by atoms with Crippen molar-refractivity contribution < 1.29 is 33.0 Å². The van der Waals surface area contributed by atoms with Crippen molar-refractivity contribution in [3.8, 4) is 5.75 Å². The molecule has 0 aromatic heterocycles. The van der Waals surface area contributed by atoms with Gasteiger partial charge in [0.2, 0.25) is 5.90 Å². The Morgan fingerprint density at radius 3 is 2.35 bits per heavy atom. The van der Waals surface area contributed by atoms with Crippen LogP contribution in [0, 0.1) is 0 Å². The lowest BCUT2D eigenvalue weighted by molar-refractivity contribution is -0.129. The van der Waals surface area contributed by atoms with Gasteiger partial charge >= 0.3 is 18.6 Å². The van der Waals surface area contributed by atoms with Gasteiger partial charge in [0.05, 0.1) is 5.56 Å². The van der Waals surface area contributed by atoms with Crippen LogP contribution in [-0.2, 0) is 9.53 Å². The zero-order valence-corrected chi connectivity index (χ0v) is 13.1. The van der Waals surface area contributed by atoms with Crippen molar-refractivity contribution in [1.29, 1.82) is 0 Å². The summed E-state index contributed by atoms with van der Waals surface area (Å²) in [6, 6.07) is 11.4. The van der Waals surface area contributed by atoms with Gasteiger partial charge in [-0.1, -0.05) is 12.1 Å². The molecule has 26 heavy (non-hydrogen) atoms. The number of alkyl halides is 2. The third kappa shape index (κ3) is 3.92. The average Bonchev–Trinajstić information content (AvgIpc) is 2.96. The van der Waals surface area contributed by atoms with E-state index in [0.29, 0.717) is 11.1 Å². The molecule has 0 saturated carbocycles. The highest BCUT2D eigenvalue weighted by Gasteiger charge is 2.24. The zero-order chi connectivity index (χ0) is 18.7. The van der Waals surface area contributed by atoms with Crippen molar-refractivity contribution in [1.82, 2.24) is 0 Å². The molecule has 0 aliphatic carbocycles. The van der Waals surface area contributed by atoms with Gasteiger partial charge in [-0.15, -0.1) is 0 Å². The number of carbonyl (C=O) groups excluding carboxylic acids is 1. The number of hydrogen-bond donors (Lipinski definition) is 1. The van der Waals surface area contributed by atoms with Gasteiger partial charge in [-0.3, -0.25) is 0 Å². The molecule has 1 aliphatic rings. The number of aromatic carboxylic acids is 1. The maximum atomic E-state index is 12.1. The number of esters is 1. The molecule has 0 amide bonds. The predicted octanol–water partition coefficient (Wildman–Crippen LogP) is 3.33. The molecule has 2 aromatic rings. The fourth-order valence-corrected chi connectivity index (χ4v) is 2.19. The first-order valence-electron chi connectivity index (χ1n) is 7.33. The van der Waals surface area contributed by atoms with E-state index in [0.717, 1.165) is 0 Å². The fourth-order valence-electron chi connectivity index (χ4n) is 2.19. The number of hydrogen-bond acceptors (Lipinski definition) is 5. The van der Waals surface area contributed by atoms with Crippen LogP contribution in [0.2, 0.25) is 0 Å². The van der Waals surface area contributed by atoms with Gasteiger partial charge in [-0.05, 0) is 48.0 Å². The second-order valence-electron chi connectivity index (χ2n) is 5.17. The quantitative estimate of drug-likeness (QED) is 0.654. The van der Waals surface area contributed by atoms with Gasteiger partial charge < -0.3 is 14.6 Å². The van der Waals surface area contributed by atoms with Gasteiger partial charge in [0, 0.05) is 5.56 Å². The van der Waals surface area contributed by atoms with Gasteiger partial charge in [-0.2, -0.15) is 8.78 Å². The highest BCUT2D eigenvalue weighted by Crippen LogP contribution is 2.21. The molecular formula is C18H11F2NO5. The summed E-state index contributed by atoms with van der Waals surface area (Å²) in [6.07, 6.45) is 1.45. The largest absolute Gasteiger partial charge is 0.478 e. The highest BCUT2D eigenvalue weighted by atomic mass is 19.3. The topological polar surface area (TPSA) is 85.2 Å². The van der Waals surface area contributed by atoms with Gasteiger partial charge in [0.1, 0.15) is 5.75 Å². The van der Waals surface area contributed by atoms with Crippen LogP contribution in [-0.4, -0.2) is 29.6 Å². The van der Waals surface area contributed by atoms with E-state index in [1.54, 1.807) is 0 Å². The van der Waals surface area contributed by atoms with E-state index in [1.165, 1.54) is 54.6 Å². The first-order chi connectivity index (χ1) is 12.4. The summed E-state index contributed by atoms with van der Waals surface area (Å²) >= 11 is 0. The number of benzene rings is 2. The van der Waals surface area contributed by atoms with Crippen molar-refractivity contribution in [2.24, 2.45) is 4.99 Å². The Morgan fingerprint density at radius 1 is 1.12 bits per heavy atom. The lowest BCUT2D eigenvalue weighted by Crippen LogP contribution is -2.06. The molecule has 1 heterocycles. The molecule has 0 fully saturated rings. The van der Waals surface area contributed by atoms with E-state index in [4.69, 9.17) is 9.84 Å². The van der Waals surface area contributed by atoms with E-state index in [-0.39, 0.29) is 22.9 Å². The second-order valence-corrected chi connectivity index (χ2v) is 5.17. The molecule has 0 spiro atoms. The number of carboxylic acid groups (broad SMARTS) is 1. The molecule has 132 valence electrons. The van der Waals surface area contributed by atoms with E-state index in [2.05, 4.69) is 9.73 Å². The van der Waals surface area contributed by atoms with Crippen LogP contribution in [0.4, 0.5) is 8.78 Å². The van der Waals surface area contributed by atoms with Crippen molar-refractivity contribution in [2.45, 2.75) is 6.61 Å². The smallest absolute Gasteiger partial charge is 0.387 e. The van der Waals surface area contributed by atoms with Gasteiger partial charge in [0.15, 0.2) is 5.70 Å². The monoisotopic (exact) mass is 359 g/mol. The first kappa shape index (κ1) is 17.3. The van der Waals surface area contributed by atoms with Crippen molar-refractivity contribution in [3.63, 3.8) is 0 Å². The van der Waals surface area contributed by atoms with Crippen LogP contribution < -0.4 is 4.74 Å². The third-order valence-electron chi connectivity index (χ3n) is 3.41. The van der Waals surface area contributed by atoms with Crippen LogP contribution in [0.25, 0.3) is 6.08 Å². The minimum absolute atomic E-state index is 0.0250. The Labute approximate surface area is 146 Å². The molecule has 3 rings (SSSR count). The van der Waals surface area contributed by atoms with Crippen LogP contribution in [0.1, 0.15) is 21.5 Å². The second kappa shape index (κ2) is 7.14. The van der Waals surface area contributed by atoms with Crippen LogP contribution in [0.15, 0.2) is 59.2 Å². The summed E-state index contributed by atoms with van der Waals surface area (Å²) in [5.74, 6) is -1.71. The molecule has 0 radical (unpaired) electrons. The zero-order valence-electron chi connectivity index (χ0n) is 13.1. The average molecular weight is 359 g/mol. The standard InChI is InChI=1S/C18H11F2NO5/c19-18(20)25-13-7-5-11(6-8-13)15-21-14(17(24)26-15)9-10-1-3-12(4-2-10)16(22)23/h1-9,18H,(H,22,23). The number of ether oxygens (including phenoxy) is 2. The number of carboxylic acids is 1. The number of halogens is 2. The molecular weight excluding hydrogens is 348 g/mol. The third-order valence-corrected chi connectivity index (χ3v) is 3.41. The minimum atomic E-state index is -2.93. The van der Waals surface area contributed by atoms with Crippen LogP contribution in [0.3, 0.4) is 0 Å². The summed E-state index contributed by atoms with van der Waals surface area (Å²) in [5, 5.41) is 8.87. The molecule has 0 unspecified atom stereocenters. The maximum Gasteiger partial charge on any atom is 0.387 e. The molecule has 6 nitrogen and oxygen atoms in total. The van der Waals surface area contributed by atoms with E-state index >= 15 is 0 Å². The molecule has 8 heteroatoms. The number of nitrogens with zero attached hydrogens (tertiary/aromatic N) is 1. The van der Waals surface area contributed by atoms with Crippen molar-refractivity contribution >= 4 is 23.9 Å². The summed E-state index contributed by atoms with van der Waals surface area (Å²) in [6.45, 7) is -2.93. The summed E-state index contributed by atoms with van der Waals surface area (Å²) in [4.78, 5) is 26.8. The number of cyclic esters (lactones) is 1. The Hall–Kier alpha value is -3.55. The lowest BCUT2D eigenvalue weighted by Gasteiger charge is -2.04. The lowest BCUT2D eigenvalue weighted by atomic mass is 10.1. The molecule has 1 N–H and O–H groups in total. The maximum absolute atomic E-state index is 12.1. The normalized spacial score (nSPS) is 15.1. The Morgan fingerprint density at radius 2 is 1.77 bits per heavy atom. The molecule has 1 aliphatic heterocycles. The molecule has 0 saturated heterocycles. The molecule has 0 atom stereocenters. The number of aliphatic imine (C=N–C) groups is 1. The number of rotatable bonds is 5. The van der Waals surface area contributed by atoms with Crippen LogP contribution >= 0.6 is 0 Å². The predicted molar refractivity (Wildman–Crippen MR) is 87.1 cm³/mol. The fraction of sp³-hybridized carbons (Fsp3) is 0.0556. The SMILES string of the molecule is O=C1OC(c2ccc(OC(F)F)cc2)=NC1=Cc1ccc(C(=O)O)cc1. The van der Waals surface area contributed by atoms with E-state index in [1.807, 2.05) is 0 Å². The minimum Gasteiger partial charge on any atom is -0.478 e. The Balaban J connectivity index is 1.81. The van der Waals surface area contributed by atoms with Gasteiger partial charge in [-0.25, -0.2) is 14.6 Å². The highest BCUT2D eigenvalue weighted by molar-refractivity contribution is 6.12. The summed E-state index contributed by atoms with van der Waals surface area (Å²) in [7, 11) is 0. The van der Waals surface area contributed by atoms with Gasteiger partial charge in [0.25, 0.3) is 0 Å². The van der Waals surface area contributed by atoms with E-state index in [9.17, 15) is 18.4 Å². The number of carbonyl (C=O) groups is 2. The first-order valence-corrected chi connectivity index (χ1v) is 7.33. The van der Waals surface area contributed by atoms with Crippen molar-refractivity contribution in [2.75, 3.05) is 0 Å². The summed E-state index contributed by atoms with van der Waals surface area (Å²) < 4.78 is 33.6. The summed E-state index contributed by atoms with van der Waals surface area (Å²) in [5.41, 5.74) is 1.16. The Bertz CT molecular complexity index is 902. The molecule has 0 bridgehead atoms. The molecule has 2 aromatic carbocycles. The Kier molecular flexibility index (Phi) is 4.74. The van der Waals surface area contributed by atoms with E-state index < -0.39 is 18.6 Å².